The summed E-state index contributed by atoms with van der Waals surface area (Å²) in [5.41, 5.74) is 5.11. The summed E-state index contributed by atoms with van der Waals surface area (Å²) in [6, 6.07) is 15.8. The summed E-state index contributed by atoms with van der Waals surface area (Å²) >= 11 is 0. The lowest BCUT2D eigenvalue weighted by atomic mass is 9.97. The number of nitrogens with zero attached hydrogens (tertiary/aromatic N) is 2. The molecule has 1 atom stereocenters. The molecule has 0 saturated carbocycles. The minimum atomic E-state index is -0.812. The van der Waals surface area contributed by atoms with Gasteiger partial charge in [-0.3, -0.25) is 4.79 Å². The molecule has 28 heavy (non-hydrogen) atoms. The SMILES string of the molecule is CCCCCc1cnc(-c2ccc(-c3ccc(C(C)C(=O)O)cc3)cc2)nc1. The molecule has 1 N–H and O–H groups in total. The molecule has 1 aromatic heterocycles. The van der Waals surface area contributed by atoms with Crippen LogP contribution in [0.3, 0.4) is 0 Å². The lowest BCUT2D eigenvalue weighted by Gasteiger charge is -2.09. The zero-order valence-corrected chi connectivity index (χ0v) is 16.4. The molecule has 0 spiro atoms. The number of carbonyl (C=O) groups is 1. The number of aromatic nitrogens is 2. The first kappa shape index (κ1) is 19.7. The quantitative estimate of drug-likeness (QED) is 0.511. The van der Waals surface area contributed by atoms with Gasteiger partial charge in [0.05, 0.1) is 5.92 Å². The summed E-state index contributed by atoms with van der Waals surface area (Å²) in [7, 11) is 0. The van der Waals surface area contributed by atoms with Gasteiger partial charge < -0.3 is 5.11 Å². The van der Waals surface area contributed by atoms with Crippen molar-refractivity contribution in [2.24, 2.45) is 0 Å². The van der Waals surface area contributed by atoms with Crippen LogP contribution in [0.2, 0.25) is 0 Å². The third kappa shape index (κ3) is 4.83. The zero-order chi connectivity index (χ0) is 19.9. The smallest absolute Gasteiger partial charge is 0.310 e. The minimum Gasteiger partial charge on any atom is -0.481 e. The van der Waals surface area contributed by atoms with Gasteiger partial charge >= 0.3 is 5.97 Å². The second-order valence-corrected chi connectivity index (χ2v) is 7.13. The maximum atomic E-state index is 11.1. The van der Waals surface area contributed by atoms with E-state index in [0.29, 0.717) is 0 Å². The maximum Gasteiger partial charge on any atom is 0.310 e. The topological polar surface area (TPSA) is 63.1 Å². The van der Waals surface area contributed by atoms with Gasteiger partial charge in [-0.2, -0.15) is 0 Å². The summed E-state index contributed by atoms with van der Waals surface area (Å²) in [4.78, 5) is 20.1. The van der Waals surface area contributed by atoms with Crippen LogP contribution in [0.4, 0.5) is 0 Å². The highest BCUT2D eigenvalue weighted by molar-refractivity contribution is 5.76. The van der Waals surface area contributed by atoms with Crippen LogP contribution in [0.25, 0.3) is 22.5 Å². The van der Waals surface area contributed by atoms with Gasteiger partial charge in [0.2, 0.25) is 0 Å². The molecule has 1 unspecified atom stereocenters. The van der Waals surface area contributed by atoms with Crippen molar-refractivity contribution >= 4 is 5.97 Å². The number of unbranched alkanes of at least 4 members (excludes halogenated alkanes) is 2. The lowest BCUT2D eigenvalue weighted by Crippen LogP contribution is -2.06. The highest BCUT2D eigenvalue weighted by Crippen LogP contribution is 2.25. The minimum absolute atomic E-state index is 0.501. The Morgan fingerprint density at radius 1 is 0.893 bits per heavy atom. The van der Waals surface area contributed by atoms with Crippen LogP contribution in [0.5, 0.6) is 0 Å². The van der Waals surface area contributed by atoms with Crippen LogP contribution in [0, 0.1) is 0 Å². The predicted octanol–water partition coefficient (Wildman–Crippen LogP) is 5.73. The largest absolute Gasteiger partial charge is 0.481 e. The number of hydrogen-bond acceptors (Lipinski definition) is 3. The average molecular weight is 374 g/mol. The standard InChI is InChI=1S/C24H26N2O2/c1-3-4-5-6-18-15-25-23(26-16-18)22-13-11-21(12-14-22)20-9-7-19(8-10-20)17(2)24(27)28/h7-17H,3-6H2,1-2H3,(H,27,28). The molecule has 4 nitrogen and oxygen atoms in total. The molecule has 0 radical (unpaired) electrons. The summed E-state index contributed by atoms with van der Waals surface area (Å²) < 4.78 is 0. The van der Waals surface area contributed by atoms with Gasteiger partial charge in [-0.25, -0.2) is 9.97 Å². The summed E-state index contributed by atoms with van der Waals surface area (Å²) in [6.45, 7) is 3.90. The lowest BCUT2D eigenvalue weighted by molar-refractivity contribution is -0.138. The molecule has 0 saturated heterocycles. The molecule has 0 amide bonds. The first-order valence-corrected chi connectivity index (χ1v) is 9.83. The van der Waals surface area contributed by atoms with Gasteiger partial charge in [0.15, 0.2) is 5.82 Å². The fourth-order valence-electron chi connectivity index (χ4n) is 3.13. The van der Waals surface area contributed by atoms with E-state index < -0.39 is 11.9 Å². The summed E-state index contributed by atoms with van der Waals surface area (Å²) in [5, 5.41) is 9.12. The Morgan fingerprint density at radius 3 is 1.96 bits per heavy atom. The predicted molar refractivity (Wildman–Crippen MR) is 112 cm³/mol. The van der Waals surface area contributed by atoms with E-state index in [1.165, 1.54) is 24.8 Å². The summed E-state index contributed by atoms with van der Waals surface area (Å²) in [5.74, 6) is -0.580. The summed E-state index contributed by atoms with van der Waals surface area (Å²) in [6.07, 6.45) is 8.51. The van der Waals surface area contributed by atoms with E-state index in [9.17, 15) is 4.79 Å². The number of benzene rings is 2. The molecule has 3 rings (SSSR count). The molecule has 0 aliphatic carbocycles. The Balaban J connectivity index is 1.70. The van der Waals surface area contributed by atoms with Gasteiger partial charge in [0, 0.05) is 18.0 Å². The molecule has 0 aliphatic rings. The van der Waals surface area contributed by atoms with Crippen LogP contribution >= 0.6 is 0 Å². The normalized spacial score (nSPS) is 11.9. The zero-order valence-electron chi connectivity index (χ0n) is 16.4. The van der Waals surface area contributed by atoms with Gasteiger partial charge in [-0.15, -0.1) is 0 Å². The molecule has 0 fully saturated rings. The van der Waals surface area contributed by atoms with E-state index >= 15 is 0 Å². The second-order valence-electron chi connectivity index (χ2n) is 7.13. The number of hydrogen-bond donors (Lipinski definition) is 1. The fraction of sp³-hybridized carbons (Fsp3) is 0.292. The molecule has 2 aromatic carbocycles. The highest BCUT2D eigenvalue weighted by Gasteiger charge is 2.13. The van der Waals surface area contributed by atoms with E-state index in [1.54, 1.807) is 6.92 Å². The Kier molecular flexibility index (Phi) is 6.53. The maximum absolute atomic E-state index is 11.1. The van der Waals surface area contributed by atoms with Crippen molar-refractivity contribution in [1.29, 1.82) is 0 Å². The first-order valence-electron chi connectivity index (χ1n) is 9.83. The van der Waals surface area contributed by atoms with Crippen LogP contribution < -0.4 is 0 Å². The second kappa shape index (κ2) is 9.27. The Bertz CT molecular complexity index is 901. The van der Waals surface area contributed by atoms with Crippen LogP contribution in [0.15, 0.2) is 60.9 Å². The molecule has 4 heteroatoms. The molecular formula is C24H26N2O2. The van der Waals surface area contributed by atoms with Crippen molar-refractivity contribution in [1.82, 2.24) is 9.97 Å². The van der Waals surface area contributed by atoms with Gasteiger partial charge in [0.1, 0.15) is 0 Å². The van der Waals surface area contributed by atoms with Gasteiger partial charge in [-0.05, 0) is 42.0 Å². The number of carboxylic acids is 1. The Labute approximate surface area is 166 Å². The van der Waals surface area contributed by atoms with E-state index in [4.69, 9.17) is 5.11 Å². The number of aliphatic carboxylic acids is 1. The molecule has 0 bridgehead atoms. The van der Waals surface area contributed by atoms with E-state index in [-0.39, 0.29) is 0 Å². The molecular weight excluding hydrogens is 348 g/mol. The third-order valence-corrected chi connectivity index (χ3v) is 5.03. The van der Waals surface area contributed by atoms with Crippen molar-refractivity contribution in [3.8, 4) is 22.5 Å². The van der Waals surface area contributed by atoms with Crippen molar-refractivity contribution in [2.75, 3.05) is 0 Å². The third-order valence-electron chi connectivity index (χ3n) is 5.03. The van der Waals surface area contributed by atoms with E-state index in [0.717, 1.165) is 34.5 Å². The van der Waals surface area contributed by atoms with Gasteiger partial charge in [0.25, 0.3) is 0 Å². The van der Waals surface area contributed by atoms with Gasteiger partial charge in [-0.1, -0.05) is 68.3 Å². The van der Waals surface area contributed by atoms with Crippen LogP contribution in [0.1, 0.15) is 50.2 Å². The van der Waals surface area contributed by atoms with Crippen molar-refractivity contribution in [3.05, 3.63) is 72.1 Å². The van der Waals surface area contributed by atoms with Crippen LogP contribution in [-0.2, 0) is 11.2 Å². The number of aryl methyl sites for hydroxylation is 1. The van der Waals surface area contributed by atoms with E-state index in [2.05, 4.69) is 16.9 Å². The first-order chi connectivity index (χ1) is 13.6. The molecule has 144 valence electrons. The molecule has 3 aromatic rings. The van der Waals surface area contributed by atoms with Crippen LogP contribution in [-0.4, -0.2) is 21.0 Å². The van der Waals surface area contributed by atoms with E-state index in [1.807, 2.05) is 60.9 Å². The highest BCUT2D eigenvalue weighted by atomic mass is 16.4. The number of carboxylic acid groups (broad SMARTS) is 1. The fourth-order valence-corrected chi connectivity index (χ4v) is 3.13. The Hall–Kier alpha value is -3.01. The van der Waals surface area contributed by atoms with Crippen molar-refractivity contribution in [2.45, 2.75) is 45.4 Å². The average Bonchev–Trinajstić information content (AvgIpc) is 2.74. The molecule has 0 aliphatic heterocycles. The van der Waals surface area contributed by atoms with Crippen molar-refractivity contribution < 1.29 is 9.90 Å². The number of rotatable bonds is 8. The Morgan fingerprint density at radius 2 is 1.43 bits per heavy atom. The monoisotopic (exact) mass is 374 g/mol. The van der Waals surface area contributed by atoms with Crippen molar-refractivity contribution in [3.63, 3.8) is 0 Å². The molecule has 1 heterocycles.